The highest BCUT2D eigenvalue weighted by Crippen LogP contribution is 2.28. The number of nitrogens with zero attached hydrogens (tertiary/aromatic N) is 3. The average Bonchev–Trinajstić information content (AvgIpc) is 2.67. The maximum absolute atomic E-state index is 12.1. The van der Waals surface area contributed by atoms with E-state index in [1.165, 1.54) is 23.1 Å². The molecule has 1 heterocycles. The van der Waals surface area contributed by atoms with Gasteiger partial charge in [0.1, 0.15) is 12.1 Å². The molecule has 0 fully saturated rings. The van der Waals surface area contributed by atoms with Crippen LogP contribution in [0.1, 0.15) is 0 Å². The number of rotatable bonds is 3. The highest BCUT2D eigenvalue weighted by atomic mass is 19.3. The molecule has 0 radical (unpaired) electrons. The zero-order valence-corrected chi connectivity index (χ0v) is 8.97. The number of aryl methyl sites for hydroxylation is 1. The number of nitrogens with two attached hydrogens (primary N) is 1. The van der Waals surface area contributed by atoms with Crippen LogP contribution in [0, 0.1) is 0 Å². The van der Waals surface area contributed by atoms with Crippen LogP contribution in [0.5, 0.6) is 5.75 Å². The van der Waals surface area contributed by atoms with Crippen molar-refractivity contribution in [2.24, 2.45) is 7.05 Å². The van der Waals surface area contributed by atoms with Crippen LogP contribution >= 0.6 is 0 Å². The van der Waals surface area contributed by atoms with Gasteiger partial charge >= 0.3 is 6.61 Å². The number of aromatic nitrogens is 3. The summed E-state index contributed by atoms with van der Waals surface area (Å²) in [6, 6.07) is 4.50. The van der Waals surface area contributed by atoms with E-state index in [4.69, 9.17) is 5.73 Å². The fraction of sp³-hybridized carbons (Fsp3) is 0.200. The van der Waals surface area contributed by atoms with Gasteiger partial charge in [0.15, 0.2) is 5.82 Å². The second-order valence-electron chi connectivity index (χ2n) is 3.37. The van der Waals surface area contributed by atoms with Gasteiger partial charge in [-0.1, -0.05) is 0 Å². The predicted octanol–water partition coefficient (Wildman–Crippen LogP) is 1.67. The third-order valence-electron chi connectivity index (χ3n) is 2.09. The number of hydrogen-bond donors (Lipinski definition) is 1. The minimum atomic E-state index is -2.91. The normalized spacial score (nSPS) is 10.8. The maximum atomic E-state index is 12.1. The molecular formula is C10H10F2N4O. The molecule has 0 aliphatic carbocycles. The first-order valence-corrected chi connectivity index (χ1v) is 4.76. The van der Waals surface area contributed by atoms with Crippen molar-refractivity contribution < 1.29 is 13.5 Å². The molecule has 7 heteroatoms. The van der Waals surface area contributed by atoms with Crippen molar-refractivity contribution in [1.29, 1.82) is 0 Å². The molecule has 0 aliphatic rings. The molecule has 1 aromatic heterocycles. The van der Waals surface area contributed by atoms with Crippen molar-refractivity contribution in [3.05, 3.63) is 24.5 Å². The van der Waals surface area contributed by atoms with E-state index in [1.807, 2.05) is 0 Å². The molecule has 0 atom stereocenters. The Hall–Kier alpha value is -2.18. The Bertz CT molecular complexity index is 527. The van der Waals surface area contributed by atoms with Gasteiger partial charge in [-0.05, 0) is 18.2 Å². The summed E-state index contributed by atoms with van der Waals surface area (Å²) in [5, 5.41) is 4.05. The molecule has 0 spiro atoms. The SMILES string of the molecule is Cn1cnc(-c2ccc(N)c(OC(F)F)c2)n1. The van der Waals surface area contributed by atoms with Crippen molar-refractivity contribution in [1.82, 2.24) is 14.8 Å². The van der Waals surface area contributed by atoms with Gasteiger partial charge in [0.25, 0.3) is 0 Å². The monoisotopic (exact) mass is 240 g/mol. The Balaban J connectivity index is 2.36. The lowest BCUT2D eigenvalue weighted by Crippen LogP contribution is -2.04. The van der Waals surface area contributed by atoms with Crippen LogP contribution in [0.2, 0.25) is 0 Å². The van der Waals surface area contributed by atoms with Crippen LogP contribution < -0.4 is 10.5 Å². The summed E-state index contributed by atoms with van der Waals surface area (Å²) in [6.07, 6.45) is 1.51. The topological polar surface area (TPSA) is 66.0 Å². The molecular weight excluding hydrogens is 230 g/mol. The number of hydrogen-bond acceptors (Lipinski definition) is 4. The van der Waals surface area contributed by atoms with Gasteiger partial charge in [-0.25, -0.2) is 4.98 Å². The molecule has 0 bridgehead atoms. The zero-order valence-electron chi connectivity index (χ0n) is 8.97. The lowest BCUT2D eigenvalue weighted by atomic mass is 10.2. The smallest absolute Gasteiger partial charge is 0.387 e. The van der Waals surface area contributed by atoms with E-state index in [-0.39, 0.29) is 11.4 Å². The lowest BCUT2D eigenvalue weighted by molar-refractivity contribution is -0.0493. The molecule has 0 saturated heterocycles. The van der Waals surface area contributed by atoms with Crippen molar-refractivity contribution in [3.63, 3.8) is 0 Å². The maximum Gasteiger partial charge on any atom is 0.387 e. The Morgan fingerprint density at radius 2 is 2.18 bits per heavy atom. The summed E-state index contributed by atoms with van der Waals surface area (Å²) in [5.74, 6) is 0.344. The van der Waals surface area contributed by atoms with Crippen LogP contribution in [0.4, 0.5) is 14.5 Å². The number of anilines is 1. The third-order valence-corrected chi connectivity index (χ3v) is 2.09. The quantitative estimate of drug-likeness (QED) is 0.828. The van der Waals surface area contributed by atoms with E-state index in [1.54, 1.807) is 13.1 Å². The van der Waals surface area contributed by atoms with E-state index in [9.17, 15) is 8.78 Å². The van der Waals surface area contributed by atoms with Crippen molar-refractivity contribution in [2.45, 2.75) is 6.61 Å². The van der Waals surface area contributed by atoms with E-state index < -0.39 is 6.61 Å². The number of benzene rings is 1. The average molecular weight is 240 g/mol. The van der Waals surface area contributed by atoms with Crippen LogP contribution in [-0.4, -0.2) is 21.4 Å². The number of alkyl halides is 2. The molecule has 0 unspecified atom stereocenters. The number of nitrogen functional groups attached to an aromatic ring is 1. The van der Waals surface area contributed by atoms with Gasteiger partial charge in [-0.3, -0.25) is 4.68 Å². The van der Waals surface area contributed by atoms with Gasteiger partial charge in [0.2, 0.25) is 0 Å². The Morgan fingerprint density at radius 1 is 1.41 bits per heavy atom. The van der Waals surface area contributed by atoms with Crippen molar-refractivity contribution in [2.75, 3.05) is 5.73 Å². The highest BCUT2D eigenvalue weighted by molar-refractivity contribution is 5.65. The number of halogens is 2. The standard InChI is InChI=1S/C10H10F2N4O/c1-16-5-14-9(15-16)6-2-3-7(13)8(4-6)17-10(11)12/h2-5,10H,13H2,1H3. The number of ether oxygens (including phenoxy) is 1. The molecule has 0 aliphatic heterocycles. The van der Waals surface area contributed by atoms with Gasteiger partial charge in [0, 0.05) is 12.6 Å². The molecule has 17 heavy (non-hydrogen) atoms. The summed E-state index contributed by atoms with van der Waals surface area (Å²) in [5.41, 5.74) is 6.23. The minimum absolute atomic E-state index is 0.0787. The fourth-order valence-electron chi connectivity index (χ4n) is 1.34. The van der Waals surface area contributed by atoms with E-state index in [0.717, 1.165) is 0 Å². The van der Waals surface area contributed by atoms with E-state index in [2.05, 4.69) is 14.8 Å². The highest BCUT2D eigenvalue weighted by Gasteiger charge is 2.11. The molecule has 5 nitrogen and oxygen atoms in total. The van der Waals surface area contributed by atoms with Crippen LogP contribution in [0.25, 0.3) is 11.4 Å². The molecule has 1 aromatic carbocycles. The van der Waals surface area contributed by atoms with Gasteiger partial charge in [-0.15, -0.1) is 0 Å². The summed E-state index contributed by atoms with van der Waals surface area (Å²) < 4.78 is 30.1. The van der Waals surface area contributed by atoms with Crippen LogP contribution in [0.15, 0.2) is 24.5 Å². The fourth-order valence-corrected chi connectivity index (χ4v) is 1.34. The second kappa shape index (κ2) is 4.36. The first kappa shape index (κ1) is 11.3. The second-order valence-corrected chi connectivity index (χ2v) is 3.37. The largest absolute Gasteiger partial charge is 0.433 e. The summed E-state index contributed by atoms with van der Waals surface area (Å²) in [4.78, 5) is 4.00. The van der Waals surface area contributed by atoms with Crippen LogP contribution in [0.3, 0.4) is 0 Å². The van der Waals surface area contributed by atoms with Gasteiger partial charge in [0.05, 0.1) is 5.69 Å². The first-order chi connectivity index (χ1) is 8.06. The lowest BCUT2D eigenvalue weighted by Gasteiger charge is -2.08. The Labute approximate surface area is 95.8 Å². The van der Waals surface area contributed by atoms with E-state index in [0.29, 0.717) is 11.4 Å². The third kappa shape index (κ3) is 2.49. The molecule has 2 N–H and O–H groups in total. The van der Waals surface area contributed by atoms with Crippen LogP contribution in [-0.2, 0) is 7.05 Å². The summed E-state index contributed by atoms with van der Waals surface area (Å²) >= 11 is 0. The summed E-state index contributed by atoms with van der Waals surface area (Å²) in [6.45, 7) is -2.91. The first-order valence-electron chi connectivity index (χ1n) is 4.76. The van der Waals surface area contributed by atoms with Crippen molar-refractivity contribution in [3.8, 4) is 17.1 Å². The van der Waals surface area contributed by atoms with Crippen molar-refractivity contribution >= 4 is 5.69 Å². The Kier molecular flexibility index (Phi) is 2.90. The molecule has 0 saturated carbocycles. The predicted molar refractivity (Wildman–Crippen MR) is 57.5 cm³/mol. The van der Waals surface area contributed by atoms with Gasteiger partial charge in [-0.2, -0.15) is 13.9 Å². The minimum Gasteiger partial charge on any atom is -0.433 e. The molecule has 2 aromatic rings. The molecule has 90 valence electrons. The zero-order chi connectivity index (χ0) is 12.4. The molecule has 2 rings (SSSR count). The van der Waals surface area contributed by atoms with E-state index >= 15 is 0 Å². The van der Waals surface area contributed by atoms with Gasteiger partial charge < -0.3 is 10.5 Å². The molecule has 0 amide bonds. The Morgan fingerprint density at radius 3 is 2.76 bits per heavy atom. The summed E-state index contributed by atoms with van der Waals surface area (Å²) in [7, 11) is 1.71.